The van der Waals surface area contributed by atoms with Crippen molar-refractivity contribution in [3.8, 4) is 11.8 Å². The van der Waals surface area contributed by atoms with E-state index in [0.717, 1.165) is 15.9 Å². The lowest BCUT2D eigenvalue weighted by molar-refractivity contribution is 0.784. The number of hydrogen-bond acceptors (Lipinski definition) is 3. The fraction of sp³-hybridized carbons (Fsp3) is 0.100. The lowest BCUT2D eigenvalue weighted by atomic mass is 10.3. The maximum absolute atomic E-state index is 8.76. The van der Waals surface area contributed by atoms with E-state index in [2.05, 4.69) is 26.2 Å². The van der Waals surface area contributed by atoms with Crippen LogP contribution in [-0.2, 0) is 0 Å². The Bertz CT molecular complexity index is 539. The van der Waals surface area contributed by atoms with E-state index >= 15 is 0 Å². The van der Waals surface area contributed by atoms with Gasteiger partial charge in [0.15, 0.2) is 5.69 Å². The van der Waals surface area contributed by atoms with E-state index in [1.165, 1.54) is 0 Å². The molecule has 2 aromatic rings. The highest BCUT2D eigenvalue weighted by Crippen LogP contribution is 2.16. The molecule has 0 aliphatic carbocycles. The minimum atomic E-state index is 0.356. The lowest BCUT2D eigenvalue weighted by Crippen LogP contribution is -1.98. The van der Waals surface area contributed by atoms with Gasteiger partial charge in [-0.05, 0) is 25.1 Å². The van der Waals surface area contributed by atoms with E-state index in [-0.39, 0.29) is 0 Å². The molecule has 74 valence electrons. The minimum absolute atomic E-state index is 0.356. The molecular formula is C10H7BrN4. The van der Waals surface area contributed by atoms with Gasteiger partial charge in [-0.25, -0.2) is 4.68 Å². The molecule has 0 amide bonds. The maximum atomic E-state index is 8.76. The summed E-state index contributed by atoms with van der Waals surface area (Å²) in [6, 6.07) is 9.66. The zero-order valence-electron chi connectivity index (χ0n) is 7.98. The number of benzene rings is 1. The first kappa shape index (κ1) is 9.87. The second-order valence-corrected chi connectivity index (χ2v) is 3.94. The average Bonchev–Trinajstić information content (AvgIpc) is 2.59. The van der Waals surface area contributed by atoms with Gasteiger partial charge in [-0.3, -0.25) is 0 Å². The first-order chi connectivity index (χ1) is 7.22. The van der Waals surface area contributed by atoms with E-state index in [1.807, 2.05) is 37.3 Å². The Kier molecular flexibility index (Phi) is 2.52. The molecule has 0 aliphatic heterocycles. The fourth-order valence-electron chi connectivity index (χ4n) is 1.29. The van der Waals surface area contributed by atoms with Gasteiger partial charge >= 0.3 is 0 Å². The average molecular weight is 263 g/mol. The molecule has 0 radical (unpaired) electrons. The molecule has 0 atom stereocenters. The number of nitriles is 1. The monoisotopic (exact) mass is 262 g/mol. The predicted octanol–water partition coefficient (Wildman–Crippen LogP) is 2.21. The zero-order chi connectivity index (χ0) is 10.8. The number of rotatable bonds is 1. The topological polar surface area (TPSA) is 54.5 Å². The van der Waals surface area contributed by atoms with Crippen LogP contribution in [0.4, 0.5) is 0 Å². The molecule has 0 saturated carbocycles. The molecule has 1 heterocycles. The molecule has 0 N–H and O–H groups in total. The normalized spacial score (nSPS) is 9.93. The summed E-state index contributed by atoms with van der Waals surface area (Å²) in [6.07, 6.45) is 0. The number of nitrogens with zero attached hydrogens (tertiary/aromatic N) is 4. The van der Waals surface area contributed by atoms with E-state index in [9.17, 15) is 0 Å². The largest absolute Gasteiger partial charge is 0.216 e. The van der Waals surface area contributed by atoms with Crippen LogP contribution in [0.2, 0.25) is 0 Å². The summed E-state index contributed by atoms with van der Waals surface area (Å²) in [7, 11) is 0. The molecule has 4 nitrogen and oxygen atoms in total. The van der Waals surface area contributed by atoms with Gasteiger partial charge in [-0.15, -0.1) is 5.10 Å². The third-order valence-electron chi connectivity index (χ3n) is 2.05. The molecule has 1 aromatic heterocycles. The molecular weight excluding hydrogens is 256 g/mol. The molecule has 0 unspecified atom stereocenters. The summed E-state index contributed by atoms with van der Waals surface area (Å²) in [4.78, 5) is 0. The molecule has 5 heteroatoms. The van der Waals surface area contributed by atoms with Crippen molar-refractivity contribution in [1.29, 1.82) is 5.26 Å². The summed E-state index contributed by atoms with van der Waals surface area (Å²) in [6.45, 7) is 1.82. The first-order valence-corrected chi connectivity index (χ1v) is 5.10. The van der Waals surface area contributed by atoms with Gasteiger partial charge in [0.1, 0.15) is 6.07 Å². The van der Waals surface area contributed by atoms with E-state index in [1.54, 1.807) is 4.68 Å². The van der Waals surface area contributed by atoms with Crippen LogP contribution in [0.5, 0.6) is 0 Å². The smallest absolute Gasteiger partial charge is 0.186 e. The Balaban J connectivity index is 2.56. The van der Waals surface area contributed by atoms with Crippen molar-refractivity contribution >= 4 is 15.9 Å². The lowest BCUT2D eigenvalue weighted by Gasteiger charge is -2.02. The van der Waals surface area contributed by atoms with E-state index < -0.39 is 0 Å². The molecule has 0 saturated heterocycles. The van der Waals surface area contributed by atoms with Crippen LogP contribution >= 0.6 is 15.9 Å². The second kappa shape index (κ2) is 3.83. The number of hydrogen-bond donors (Lipinski definition) is 0. The van der Waals surface area contributed by atoms with Gasteiger partial charge in [0.25, 0.3) is 0 Å². The van der Waals surface area contributed by atoms with Crippen LogP contribution in [0.15, 0.2) is 28.7 Å². The second-order valence-electron chi connectivity index (χ2n) is 3.03. The highest BCUT2D eigenvalue weighted by Gasteiger charge is 2.08. The van der Waals surface area contributed by atoms with Crippen molar-refractivity contribution < 1.29 is 0 Å². The highest BCUT2D eigenvalue weighted by molar-refractivity contribution is 9.10. The van der Waals surface area contributed by atoms with Crippen LogP contribution in [-0.4, -0.2) is 15.0 Å². The van der Waals surface area contributed by atoms with Crippen LogP contribution in [0.3, 0.4) is 0 Å². The summed E-state index contributed by atoms with van der Waals surface area (Å²) < 4.78 is 2.61. The Labute approximate surface area is 95.3 Å². The molecule has 15 heavy (non-hydrogen) atoms. The van der Waals surface area contributed by atoms with Gasteiger partial charge in [-0.1, -0.05) is 27.2 Å². The maximum Gasteiger partial charge on any atom is 0.186 e. The standard InChI is InChI=1S/C10H7BrN4/c1-7-10(6-12)13-14-15(7)9-4-2-3-8(11)5-9/h2-5H,1H3. The van der Waals surface area contributed by atoms with Gasteiger partial charge in [0, 0.05) is 4.47 Å². The van der Waals surface area contributed by atoms with Crippen LogP contribution in [0.1, 0.15) is 11.4 Å². The Morgan fingerprint density at radius 1 is 1.47 bits per heavy atom. The van der Waals surface area contributed by atoms with Crippen molar-refractivity contribution in [3.63, 3.8) is 0 Å². The quantitative estimate of drug-likeness (QED) is 0.792. The Hall–Kier alpha value is -1.67. The van der Waals surface area contributed by atoms with Crippen molar-refractivity contribution in [2.45, 2.75) is 6.92 Å². The van der Waals surface area contributed by atoms with Crippen LogP contribution < -0.4 is 0 Å². The SMILES string of the molecule is Cc1c(C#N)nnn1-c1cccc(Br)c1. The van der Waals surface area contributed by atoms with Gasteiger partial charge in [0.05, 0.1) is 11.4 Å². The summed E-state index contributed by atoms with van der Waals surface area (Å²) in [5.74, 6) is 0. The summed E-state index contributed by atoms with van der Waals surface area (Å²) in [5.41, 5.74) is 1.99. The van der Waals surface area contributed by atoms with Crippen molar-refractivity contribution in [3.05, 3.63) is 40.1 Å². The Morgan fingerprint density at radius 2 is 2.27 bits per heavy atom. The van der Waals surface area contributed by atoms with Crippen LogP contribution in [0, 0.1) is 18.3 Å². The summed E-state index contributed by atoms with van der Waals surface area (Å²) >= 11 is 3.38. The fourth-order valence-corrected chi connectivity index (χ4v) is 1.67. The van der Waals surface area contributed by atoms with E-state index in [4.69, 9.17) is 5.26 Å². The third-order valence-corrected chi connectivity index (χ3v) is 2.55. The predicted molar refractivity (Wildman–Crippen MR) is 58.5 cm³/mol. The first-order valence-electron chi connectivity index (χ1n) is 4.30. The molecule has 0 bridgehead atoms. The number of halogens is 1. The minimum Gasteiger partial charge on any atom is -0.216 e. The molecule has 1 aromatic carbocycles. The van der Waals surface area contributed by atoms with Crippen molar-refractivity contribution in [2.75, 3.05) is 0 Å². The Morgan fingerprint density at radius 3 is 2.87 bits per heavy atom. The molecule has 0 spiro atoms. The molecule has 2 rings (SSSR count). The highest BCUT2D eigenvalue weighted by atomic mass is 79.9. The third kappa shape index (κ3) is 1.76. The molecule has 0 aliphatic rings. The summed E-state index contributed by atoms with van der Waals surface area (Å²) in [5, 5.41) is 16.5. The zero-order valence-corrected chi connectivity index (χ0v) is 9.56. The van der Waals surface area contributed by atoms with Crippen molar-refractivity contribution in [1.82, 2.24) is 15.0 Å². The van der Waals surface area contributed by atoms with E-state index in [0.29, 0.717) is 5.69 Å². The van der Waals surface area contributed by atoms with Crippen LogP contribution in [0.25, 0.3) is 5.69 Å². The number of aromatic nitrogens is 3. The van der Waals surface area contributed by atoms with Gasteiger partial charge in [0.2, 0.25) is 0 Å². The molecule has 0 fully saturated rings. The van der Waals surface area contributed by atoms with Gasteiger partial charge in [-0.2, -0.15) is 5.26 Å². The van der Waals surface area contributed by atoms with Gasteiger partial charge < -0.3 is 0 Å². The van der Waals surface area contributed by atoms with Crippen molar-refractivity contribution in [2.24, 2.45) is 0 Å².